The molecule has 2 N–H and O–H groups in total. The molecule has 158 valence electrons. The van der Waals surface area contributed by atoms with Gasteiger partial charge in [0.25, 0.3) is 5.91 Å². The molecule has 7 nitrogen and oxygen atoms in total. The van der Waals surface area contributed by atoms with E-state index in [0.717, 1.165) is 11.3 Å². The largest absolute Gasteiger partial charge is 0.497 e. The van der Waals surface area contributed by atoms with E-state index in [-0.39, 0.29) is 11.5 Å². The minimum atomic E-state index is -1.06. The first-order chi connectivity index (χ1) is 15.0. The van der Waals surface area contributed by atoms with E-state index in [1.807, 2.05) is 29.2 Å². The highest BCUT2D eigenvalue weighted by Crippen LogP contribution is 2.30. The van der Waals surface area contributed by atoms with E-state index >= 15 is 0 Å². The van der Waals surface area contributed by atoms with Crippen molar-refractivity contribution >= 4 is 23.3 Å². The molecule has 1 aliphatic rings. The zero-order chi connectivity index (χ0) is 21.8. The molecule has 0 bridgehead atoms. The normalized spacial score (nSPS) is 12.9. The third kappa shape index (κ3) is 4.45. The monoisotopic (exact) mass is 418 g/mol. The number of amides is 1. The maximum atomic E-state index is 12.5. The van der Waals surface area contributed by atoms with Crippen molar-refractivity contribution in [2.24, 2.45) is 0 Å². The molecule has 0 fully saturated rings. The van der Waals surface area contributed by atoms with Gasteiger partial charge in [-0.2, -0.15) is 0 Å². The highest BCUT2D eigenvalue weighted by atomic mass is 16.5. The predicted molar refractivity (Wildman–Crippen MR) is 117 cm³/mol. The van der Waals surface area contributed by atoms with E-state index in [0.29, 0.717) is 42.4 Å². The Balaban J connectivity index is 1.58. The molecule has 0 aromatic heterocycles. The van der Waals surface area contributed by atoms with Crippen LogP contribution in [0.25, 0.3) is 0 Å². The van der Waals surface area contributed by atoms with Crippen LogP contribution in [0.4, 0.5) is 11.4 Å². The summed E-state index contributed by atoms with van der Waals surface area (Å²) in [4.78, 5) is 26.5. The Morgan fingerprint density at radius 1 is 1.06 bits per heavy atom. The number of carbonyl (C=O) groups excluding carboxylic acids is 1. The van der Waals surface area contributed by atoms with Crippen molar-refractivity contribution in [1.82, 2.24) is 0 Å². The first-order valence-electron chi connectivity index (χ1n) is 9.83. The number of fused-ring (bicyclic) bond motifs is 1. The second-order valence-electron chi connectivity index (χ2n) is 7.10. The number of carboxylic acids is 1. The van der Waals surface area contributed by atoms with Crippen LogP contribution in [0.1, 0.15) is 26.3 Å². The van der Waals surface area contributed by atoms with Gasteiger partial charge in [0.05, 0.1) is 24.9 Å². The molecule has 7 heteroatoms. The molecule has 0 unspecified atom stereocenters. The molecule has 31 heavy (non-hydrogen) atoms. The molecule has 1 aliphatic heterocycles. The van der Waals surface area contributed by atoms with Gasteiger partial charge in [0.2, 0.25) is 0 Å². The Morgan fingerprint density at radius 3 is 2.58 bits per heavy atom. The first-order valence-corrected chi connectivity index (χ1v) is 9.83. The van der Waals surface area contributed by atoms with Crippen LogP contribution in [0, 0.1) is 0 Å². The van der Waals surface area contributed by atoms with Crippen molar-refractivity contribution in [3.63, 3.8) is 0 Å². The third-order valence-corrected chi connectivity index (χ3v) is 5.13. The number of rotatable bonds is 5. The van der Waals surface area contributed by atoms with Crippen molar-refractivity contribution in [2.75, 3.05) is 30.5 Å². The second-order valence-corrected chi connectivity index (χ2v) is 7.10. The van der Waals surface area contributed by atoms with Crippen molar-refractivity contribution in [3.8, 4) is 11.5 Å². The number of ether oxygens (including phenoxy) is 2. The highest BCUT2D eigenvalue weighted by molar-refractivity contribution is 6.05. The molecule has 1 heterocycles. The van der Waals surface area contributed by atoms with Crippen LogP contribution in [-0.2, 0) is 6.54 Å². The fraction of sp³-hybridized carbons (Fsp3) is 0.167. The van der Waals surface area contributed by atoms with Crippen LogP contribution in [-0.4, -0.2) is 37.2 Å². The van der Waals surface area contributed by atoms with Crippen LogP contribution < -0.4 is 19.7 Å². The minimum Gasteiger partial charge on any atom is -0.497 e. The number of methoxy groups -OCH3 is 1. The maximum absolute atomic E-state index is 12.5. The van der Waals surface area contributed by atoms with E-state index in [1.54, 1.807) is 43.5 Å². The number of nitrogens with one attached hydrogen (secondary N) is 1. The van der Waals surface area contributed by atoms with Crippen LogP contribution in [0.3, 0.4) is 0 Å². The number of anilines is 2. The topological polar surface area (TPSA) is 88.1 Å². The van der Waals surface area contributed by atoms with Crippen LogP contribution in [0.15, 0.2) is 66.7 Å². The van der Waals surface area contributed by atoms with E-state index in [2.05, 4.69) is 5.32 Å². The molecule has 4 rings (SSSR count). The van der Waals surface area contributed by atoms with Crippen molar-refractivity contribution in [3.05, 3.63) is 83.4 Å². The number of benzene rings is 3. The predicted octanol–water partition coefficient (Wildman–Crippen LogP) is 4.04. The number of nitrogens with zero attached hydrogens (tertiary/aromatic N) is 1. The first kappa shape index (κ1) is 20.3. The van der Waals surface area contributed by atoms with Gasteiger partial charge in [-0.05, 0) is 48.5 Å². The Bertz CT molecular complexity index is 1110. The lowest BCUT2D eigenvalue weighted by atomic mass is 10.1. The lowest BCUT2D eigenvalue weighted by Gasteiger charge is -2.24. The molecular formula is C24H22N2O5. The van der Waals surface area contributed by atoms with Gasteiger partial charge in [0.1, 0.15) is 18.1 Å². The summed E-state index contributed by atoms with van der Waals surface area (Å²) in [6, 6.07) is 19.3. The number of carboxylic acid groups (broad SMARTS) is 1. The van der Waals surface area contributed by atoms with E-state index < -0.39 is 5.97 Å². The number of hydrogen-bond donors (Lipinski definition) is 2. The summed E-state index contributed by atoms with van der Waals surface area (Å²) in [7, 11) is 1.55. The summed E-state index contributed by atoms with van der Waals surface area (Å²) in [6.07, 6.45) is 0. The van der Waals surface area contributed by atoms with E-state index in [9.17, 15) is 14.7 Å². The van der Waals surface area contributed by atoms with E-state index in [1.165, 1.54) is 6.07 Å². The van der Waals surface area contributed by atoms with Gasteiger partial charge in [-0.3, -0.25) is 4.79 Å². The van der Waals surface area contributed by atoms with Gasteiger partial charge in [-0.15, -0.1) is 0 Å². The summed E-state index contributed by atoms with van der Waals surface area (Å²) in [5.74, 6) is 0.0696. The highest BCUT2D eigenvalue weighted by Gasteiger charge is 2.21. The van der Waals surface area contributed by atoms with E-state index in [4.69, 9.17) is 9.47 Å². The molecule has 0 saturated heterocycles. The smallest absolute Gasteiger partial charge is 0.337 e. The SMILES string of the molecule is COc1ccc(C(=O)Nc2ccc(N3CCOc4ccccc4C3)c(C(=O)O)c2)cc1. The molecule has 0 saturated carbocycles. The maximum Gasteiger partial charge on any atom is 0.337 e. The van der Waals surface area contributed by atoms with Gasteiger partial charge in [-0.25, -0.2) is 4.79 Å². The fourth-order valence-corrected chi connectivity index (χ4v) is 3.54. The zero-order valence-corrected chi connectivity index (χ0v) is 17.0. The van der Waals surface area contributed by atoms with Gasteiger partial charge in [0, 0.05) is 23.4 Å². The molecule has 0 spiro atoms. The Hall–Kier alpha value is -4.00. The number of hydrogen-bond acceptors (Lipinski definition) is 5. The molecule has 3 aromatic carbocycles. The number of para-hydroxylation sites is 1. The number of aromatic carboxylic acids is 1. The molecule has 3 aromatic rings. The van der Waals surface area contributed by atoms with Crippen LogP contribution in [0.2, 0.25) is 0 Å². The average Bonchev–Trinajstić information content (AvgIpc) is 3.01. The molecular weight excluding hydrogens is 396 g/mol. The number of carbonyl (C=O) groups is 2. The Morgan fingerprint density at radius 2 is 1.84 bits per heavy atom. The summed E-state index contributed by atoms with van der Waals surface area (Å²) < 4.78 is 10.9. The van der Waals surface area contributed by atoms with Crippen LogP contribution >= 0.6 is 0 Å². The van der Waals surface area contributed by atoms with Gasteiger partial charge in [-0.1, -0.05) is 18.2 Å². The standard InChI is InChI=1S/C24H22N2O5/c1-30-19-9-6-16(7-10-19)23(27)25-18-8-11-21(20(14-18)24(28)29)26-12-13-31-22-5-3-2-4-17(22)15-26/h2-11,14H,12-13,15H2,1H3,(H,25,27)(H,28,29). The summed E-state index contributed by atoms with van der Waals surface area (Å²) >= 11 is 0. The molecule has 0 aliphatic carbocycles. The Kier molecular flexibility index (Phi) is 5.75. The Labute approximate surface area is 179 Å². The molecule has 1 amide bonds. The second kappa shape index (κ2) is 8.79. The van der Waals surface area contributed by atoms with Crippen molar-refractivity contribution in [1.29, 1.82) is 0 Å². The van der Waals surface area contributed by atoms with Crippen molar-refractivity contribution < 1.29 is 24.2 Å². The molecule has 0 atom stereocenters. The van der Waals surface area contributed by atoms with Gasteiger partial charge in [0.15, 0.2) is 0 Å². The van der Waals surface area contributed by atoms with Crippen molar-refractivity contribution in [2.45, 2.75) is 6.54 Å². The van der Waals surface area contributed by atoms with Gasteiger partial charge < -0.3 is 24.8 Å². The zero-order valence-electron chi connectivity index (χ0n) is 17.0. The summed E-state index contributed by atoms with van der Waals surface area (Å²) in [5.41, 5.74) is 2.55. The van der Waals surface area contributed by atoms with Gasteiger partial charge >= 0.3 is 5.97 Å². The van der Waals surface area contributed by atoms with Crippen LogP contribution in [0.5, 0.6) is 11.5 Å². The summed E-state index contributed by atoms with van der Waals surface area (Å²) in [6.45, 7) is 1.53. The fourth-order valence-electron chi connectivity index (χ4n) is 3.54. The third-order valence-electron chi connectivity index (χ3n) is 5.13. The average molecular weight is 418 g/mol. The lowest BCUT2D eigenvalue weighted by molar-refractivity contribution is 0.0697. The minimum absolute atomic E-state index is 0.118. The lowest BCUT2D eigenvalue weighted by Crippen LogP contribution is -2.27. The summed E-state index contributed by atoms with van der Waals surface area (Å²) in [5, 5.41) is 12.6. The quantitative estimate of drug-likeness (QED) is 0.650. The molecule has 0 radical (unpaired) electrons.